The first-order chi connectivity index (χ1) is 13.6. The molecule has 2 aromatic rings. The second-order valence-electron chi connectivity index (χ2n) is 5.93. The minimum Gasteiger partial charge on any atom is -0.481 e. The molecular formula is C18H23F3NO6P. The van der Waals surface area contributed by atoms with Gasteiger partial charge in [0, 0.05) is 18.5 Å². The molecule has 7 nitrogen and oxygen atoms in total. The lowest BCUT2D eigenvalue weighted by molar-refractivity contribution is -0.136. The zero-order valence-electron chi connectivity index (χ0n) is 16.5. The van der Waals surface area contributed by atoms with E-state index in [1.807, 2.05) is 0 Å². The SMILES string of the molecule is CCOC(=O)c1cc2c(C(F)(F)F)cc(OCP(=O)(OCC)OCC)cc2n1C. The van der Waals surface area contributed by atoms with Gasteiger partial charge >= 0.3 is 19.7 Å². The first kappa shape index (κ1) is 23.3. The summed E-state index contributed by atoms with van der Waals surface area (Å²) in [6, 6.07) is 3.25. The topological polar surface area (TPSA) is 76.0 Å². The van der Waals surface area contributed by atoms with Gasteiger partial charge in [0.05, 0.1) is 30.9 Å². The number of alkyl halides is 3. The third-order valence-corrected chi connectivity index (χ3v) is 5.71. The van der Waals surface area contributed by atoms with Gasteiger partial charge < -0.3 is 23.1 Å². The quantitative estimate of drug-likeness (QED) is 0.407. The number of esters is 1. The number of ether oxygens (including phenoxy) is 2. The number of hydrogen-bond donors (Lipinski definition) is 0. The summed E-state index contributed by atoms with van der Waals surface area (Å²) in [5.74, 6) is -0.917. The van der Waals surface area contributed by atoms with Crippen molar-refractivity contribution in [2.45, 2.75) is 26.9 Å². The molecule has 0 bridgehead atoms. The van der Waals surface area contributed by atoms with Crippen LogP contribution in [-0.4, -0.2) is 36.7 Å². The number of halogens is 3. The van der Waals surface area contributed by atoms with Crippen LogP contribution in [0.15, 0.2) is 18.2 Å². The van der Waals surface area contributed by atoms with Gasteiger partial charge in [-0.05, 0) is 32.9 Å². The Morgan fingerprint density at radius 2 is 1.69 bits per heavy atom. The molecule has 0 unspecified atom stereocenters. The van der Waals surface area contributed by atoms with Crippen LogP contribution in [-0.2, 0) is 31.6 Å². The maximum atomic E-state index is 13.6. The molecule has 0 aliphatic carbocycles. The Balaban J connectivity index is 2.51. The van der Waals surface area contributed by atoms with E-state index in [0.717, 1.165) is 12.1 Å². The van der Waals surface area contributed by atoms with Crippen LogP contribution in [0.4, 0.5) is 13.2 Å². The summed E-state index contributed by atoms with van der Waals surface area (Å²) >= 11 is 0. The lowest BCUT2D eigenvalue weighted by atomic mass is 10.1. The highest BCUT2D eigenvalue weighted by molar-refractivity contribution is 7.53. The molecule has 0 amide bonds. The molecule has 0 aliphatic rings. The number of benzene rings is 1. The number of hydrogen-bond acceptors (Lipinski definition) is 6. The van der Waals surface area contributed by atoms with Gasteiger partial charge in [0.2, 0.25) is 0 Å². The molecule has 1 heterocycles. The second kappa shape index (κ2) is 9.19. The summed E-state index contributed by atoms with van der Waals surface area (Å²) < 4.78 is 75.1. The molecular weight excluding hydrogens is 414 g/mol. The Hall–Kier alpha value is -2.03. The summed E-state index contributed by atoms with van der Waals surface area (Å²) in [5.41, 5.74) is -0.905. The fraction of sp³-hybridized carbons (Fsp3) is 0.500. The predicted molar refractivity (Wildman–Crippen MR) is 100 cm³/mol. The zero-order valence-corrected chi connectivity index (χ0v) is 17.4. The van der Waals surface area contributed by atoms with Crippen molar-refractivity contribution in [2.75, 3.05) is 26.2 Å². The van der Waals surface area contributed by atoms with Gasteiger partial charge in [-0.2, -0.15) is 13.2 Å². The Kier molecular flexibility index (Phi) is 7.37. The summed E-state index contributed by atoms with van der Waals surface area (Å²) in [6.07, 6.45) is -5.25. The van der Waals surface area contributed by atoms with E-state index >= 15 is 0 Å². The monoisotopic (exact) mass is 437 g/mol. The lowest BCUT2D eigenvalue weighted by Crippen LogP contribution is -2.10. The number of carbonyl (C=O) groups excluding carboxylic acids is 1. The molecule has 1 aromatic heterocycles. The summed E-state index contributed by atoms with van der Waals surface area (Å²) in [5, 5.41) is -0.173. The van der Waals surface area contributed by atoms with E-state index in [9.17, 15) is 22.5 Å². The van der Waals surface area contributed by atoms with E-state index < -0.39 is 31.7 Å². The smallest absolute Gasteiger partial charge is 0.417 e. The molecule has 29 heavy (non-hydrogen) atoms. The first-order valence-corrected chi connectivity index (χ1v) is 10.7. The van der Waals surface area contributed by atoms with Crippen molar-refractivity contribution in [3.8, 4) is 5.75 Å². The Morgan fingerprint density at radius 1 is 1.07 bits per heavy atom. The second-order valence-corrected chi connectivity index (χ2v) is 7.93. The van der Waals surface area contributed by atoms with Crippen molar-refractivity contribution in [2.24, 2.45) is 7.05 Å². The van der Waals surface area contributed by atoms with Crippen LogP contribution in [0.25, 0.3) is 10.9 Å². The highest BCUT2D eigenvalue weighted by Crippen LogP contribution is 2.48. The normalized spacial score (nSPS) is 12.4. The van der Waals surface area contributed by atoms with Crippen molar-refractivity contribution >= 4 is 24.5 Å². The maximum Gasteiger partial charge on any atom is 0.417 e. The number of aryl methyl sites for hydroxylation is 1. The number of carbonyl (C=O) groups is 1. The number of rotatable bonds is 9. The minimum atomic E-state index is -4.70. The Bertz CT molecular complexity index is 914. The van der Waals surface area contributed by atoms with Crippen LogP contribution in [0.2, 0.25) is 0 Å². The van der Waals surface area contributed by atoms with Gasteiger partial charge in [-0.3, -0.25) is 4.57 Å². The van der Waals surface area contributed by atoms with Crippen LogP contribution in [0.5, 0.6) is 5.75 Å². The van der Waals surface area contributed by atoms with E-state index in [2.05, 4.69) is 0 Å². The van der Waals surface area contributed by atoms with Gasteiger partial charge in [0.15, 0.2) is 6.35 Å². The molecule has 0 spiro atoms. The third kappa shape index (κ3) is 5.32. The van der Waals surface area contributed by atoms with Crippen molar-refractivity contribution in [1.29, 1.82) is 0 Å². The van der Waals surface area contributed by atoms with Crippen LogP contribution >= 0.6 is 7.60 Å². The van der Waals surface area contributed by atoms with Crippen molar-refractivity contribution in [3.63, 3.8) is 0 Å². The summed E-state index contributed by atoms with van der Waals surface area (Å²) in [4.78, 5) is 12.1. The Morgan fingerprint density at radius 3 is 2.21 bits per heavy atom. The molecule has 1 aromatic carbocycles. The van der Waals surface area contributed by atoms with Crippen LogP contribution < -0.4 is 4.74 Å². The number of fused-ring (bicyclic) bond motifs is 1. The minimum absolute atomic E-state index is 0.0289. The molecule has 0 saturated heterocycles. The van der Waals surface area contributed by atoms with Gasteiger partial charge in [-0.1, -0.05) is 0 Å². The van der Waals surface area contributed by atoms with Crippen LogP contribution in [0.3, 0.4) is 0 Å². The summed E-state index contributed by atoms with van der Waals surface area (Å²) in [6.45, 7) is 5.09. The highest BCUT2D eigenvalue weighted by atomic mass is 31.2. The number of aromatic nitrogens is 1. The van der Waals surface area contributed by atoms with E-state index in [1.54, 1.807) is 20.8 Å². The molecule has 0 saturated carbocycles. The molecule has 2 rings (SSSR count). The summed E-state index contributed by atoms with van der Waals surface area (Å²) in [7, 11) is -2.17. The van der Waals surface area contributed by atoms with E-state index in [4.69, 9.17) is 18.5 Å². The van der Waals surface area contributed by atoms with E-state index in [-0.39, 0.29) is 42.2 Å². The van der Waals surface area contributed by atoms with Gasteiger partial charge in [-0.25, -0.2) is 4.79 Å². The van der Waals surface area contributed by atoms with Gasteiger partial charge in [0.1, 0.15) is 11.4 Å². The largest absolute Gasteiger partial charge is 0.481 e. The average molecular weight is 437 g/mol. The fourth-order valence-electron chi connectivity index (χ4n) is 2.78. The molecule has 0 aliphatic heterocycles. The fourth-order valence-corrected chi connectivity index (χ4v) is 4.10. The predicted octanol–water partition coefficient (Wildman–Crippen LogP) is 4.98. The Labute approximate surface area is 166 Å². The molecule has 11 heteroatoms. The maximum absolute atomic E-state index is 13.6. The average Bonchev–Trinajstić information content (AvgIpc) is 2.96. The van der Waals surface area contributed by atoms with Crippen molar-refractivity contribution in [3.05, 3.63) is 29.5 Å². The molecule has 0 radical (unpaired) electrons. The van der Waals surface area contributed by atoms with Gasteiger partial charge in [-0.15, -0.1) is 0 Å². The molecule has 0 atom stereocenters. The van der Waals surface area contributed by atoms with E-state index in [1.165, 1.54) is 17.7 Å². The van der Waals surface area contributed by atoms with E-state index in [0.29, 0.717) is 0 Å². The standard InChI is InChI=1S/C18H23F3NO6P/c1-5-25-17(23)16-10-13-14(18(19,20)21)8-12(9-15(13)22(16)4)26-11-29(24,27-6-2)28-7-3/h8-10H,5-7,11H2,1-4H3. The molecule has 162 valence electrons. The molecule has 0 fully saturated rings. The highest BCUT2D eigenvalue weighted by Gasteiger charge is 2.35. The van der Waals surface area contributed by atoms with Crippen LogP contribution in [0, 0.1) is 0 Å². The first-order valence-electron chi connectivity index (χ1n) is 8.95. The van der Waals surface area contributed by atoms with Crippen molar-refractivity contribution < 1.29 is 41.1 Å². The zero-order chi connectivity index (χ0) is 21.8. The van der Waals surface area contributed by atoms with Crippen molar-refractivity contribution in [1.82, 2.24) is 4.57 Å². The van der Waals surface area contributed by atoms with Crippen LogP contribution in [0.1, 0.15) is 36.8 Å². The molecule has 0 N–H and O–H groups in total. The number of nitrogens with zero attached hydrogens (tertiary/aromatic N) is 1. The van der Waals surface area contributed by atoms with Gasteiger partial charge in [0.25, 0.3) is 0 Å². The third-order valence-electron chi connectivity index (χ3n) is 3.97. The lowest BCUT2D eigenvalue weighted by Gasteiger charge is -2.18.